The Morgan fingerprint density at radius 1 is 1.38 bits per heavy atom. The molecule has 0 aromatic carbocycles. The van der Waals surface area contributed by atoms with Crippen LogP contribution < -0.4 is 5.32 Å². The number of ether oxygens (including phenoxy) is 1. The molecule has 21 heavy (non-hydrogen) atoms. The van der Waals surface area contributed by atoms with Crippen LogP contribution in [0.4, 0.5) is 4.79 Å². The standard InChI is InChI=1S/C15H20N2O4/c1-21-15(20)17-9-12-3-2-11(8-13(12)14(18)19)10-4-6-16-7-5-10/h4-7,11-13H,2-3,8-9H2,1H3,(H,17,20)(H,18,19)/t11?,12-,13+/m1/s1. The van der Waals surface area contributed by atoms with Crippen LogP contribution in [0.3, 0.4) is 0 Å². The number of alkyl carbamates (subject to hydrolysis) is 1. The summed E-state index contributed by atoms with van der Waals surface area (Å²) in [5, 5.41) is 12.0. The van der Waals surface area contributed by atoms with Crippen LogP contribution in [0.25, 0.3) is 0 Å². The first-order valence-corrected chi connectivity index (χ1v) is 7.06. The van der Waals surface area contributed by atoms with E-state index in [9.17, 15) is 14.7 Å². The third-order valence-corrected chi connectivity index (χ3v) is 4.18. The highest BCUT2D eigenvalue weighted by molar-refractivity contribution is 5.71. The summed E-state index contributed by atoms with van der Waals surface area (Å²) in [6.07, 6.45) is 5.23. The number of aliphatic carboxylic acids is 1. The van der Waals surface area contributed by atoms with Crippen molar-refractivity contribution in [1.29, 1.82) is 0 Å². The van der Waals surface area contributed by atoms with E-state index in [1.54, 1.807) is 12.4 Å². The number of carbonyl (C=O) groups excluding carboxylic acids is 1. The zero-order valence-corrected chi connectivity index (χ0v) is 12.0. The number of pyridine rings is 1. The number of carbonyl (C=O) groups is 2. The predicted molar refractivity (Wildman–Crippen MR) is 75.9 cm³/mol. The molecule has 1 aromatic rings. The van der Waals surface area contributed by atoms with Crippen molar-refractivity contribution < 1.29 is 19.4 Å². The van der Waals surface area contributed by atoms with Gasteiger partial charge < -0.3 is 15.2 Å². The molecular formula is C15H20N2O4. The lowest BCUT2D eigenvalue weighted by molar-refractivity contribution is -0.145. The van der Waals surface area contributed by atoms with Crippen LogP contribution in [0, 0.1) is 11.8 Å². The molecule has 1 saturated carbocycles. The molecule has 1 heterocycles. The van der Waals surface area contributed by atoms with Crippen LogP contribution in [0.15, 0.2) is 24.5 Å². The Kier molecular flexibility index (Phi) is 5.14. The summed E-state index contributed by atoms with van der Waals surface area (Å²) in [6, 6.07) is 3.88. The lowest BCUT2D eigenvalue weighted by Gasteiger charge is -2.34. The molecule has 3 atom stereocenters. The van der Waals surface area contributed by atoms with Gasteiger partial charge in [0.1, 0.15) is 0 Å². The normalized spacial score (nSPS) is 25.1. The van der Waals surface area contributed by atoms with E-state index in [2.05, 4.69) is 15.0 Å². The molecule has 2 rings (SSSR count). The smallest absolute Gasteiger partial charge is 0.406 e. The average molecular weight is 292 g/mol. The number of nitrogens with zero attached hydrogens (tertiary/aromatic N) is 1. The predicted octanol–water partition coefficient (Wildman–Crippen LogP) is 2.02. The minimum absolute atomic E-state index is 0.0558. The van der Waals surface area contributed by atoms with Crippen molar-refractivity contribution in [1.82, 2.24) is 10.3 Å². The van der Waals surface area contributed by atoms with E-state index in [0.717, 1.165) is 18.4 Å². The number of hydrogen-bond donors (Lipinski definition) is 2. The van der Waals surface area contributed by atoms with E-state index in [-0.39, 0.29) is 11.8 Å². The summed E-state index contributed by atoms with van der Waals surface area (Å²) in [5.74, 6) is -1.07. The molecular weight excluding hydrogens is 272 g/mol. The highest BCUT2D eigenvalue weighted by atomic mass is 16.5. The lowest BCUT2D eigenvalue weighted by atomic mass is 9.72. The molecule has 1 amide bonds. The van der Waals surface area contributed by atoms with Crippen LogP contribution in [-0.2, 0) is 9.53 Å². The summed E-state index contributed by atoms with van der Waals surface area (Å²) in [4.78, 5) is 26.6. The van der Waals surface area contributed by atoms with E-state index in [1.807, 2.05) is 12.1 Å². The van der Waals surface area contributed by atoms with Crippen molar-refractivity contribution >= 4 is 12.1 Å². The van der Waals surface area contributed by atoms with Crippen molar-refractivity contribution in [3.63, 3.8) is 0 Å². The molecule has 6 nitrogen and oxygen atoms in total. The van der Waals surface area contributed by atoms with Crippen LogP contribution in [0.2, 0.25) is 0 Å². The van der Waals surface area contributed by atoms with Gasteiger partial charge in [0.05, 0.1) is 13.0 Å². The van der Waals surface area contributed by atoms with Gasteiger partial charge in [0.15, 0.2) is 0 Å². The molecule has 1 aromatic heterocycles. The molecule has 1 aliphatic carbocycles. The van der Waals surface area contributed by atoms with Gasteiger partial charge in [-0.25, -0.2) is 4.79 Å². The molecule has 114 valence electrons. The molecule has 6 heteroatoms. The fraction of sp³-hybridized carbons (Fsp3) is 0.533. The Labute approximate surface area is 123 Å². The van der Waals surface area contributed by atoms with Gasteiger partial charge in [0.25, 0.3) is 0 Å². The first-order chi connectivity index (χ1) is 10.1. The number of nitrogens with one attached hydrogen (secondary N) is 1. The van der Waals surface area contributed by atoms with Crippen molar-refractivity contribution in [2.75, 3.05) is 13.7 Å². The van der Waals surface area contributed by atoms with Crippen molar-refractivity contribution in [2.45, 2.75) is 25.2 Å². The first-order valence-electron chi connectivity index (χ1n) is 7.06. The lowest BCUT2D eigenvalue weighted by Crippen LogP contribution is -2.38. The number of carboxylic acid groups (broad SMARTS) is 1. The van der Waals surface area contributed by atoms with E-state index in [1.165, 1.54) is 7.11 Å². The van der Waals surface area contributed by atoms with E-state index >= 15 is 0 Å². The molecule has 0 saturated heterocycles. The fourth-order valence-corrected chi connectivity index (χ4v) is 3.01. The molecule has 0 aliphatic heterocycles. The SMILES string of the molecule is COC(=O)NC[C@H]1CCC(c2ccncc2)C[C@@H]1C(=O)O. The van der Waals surface area contributed by atoms with Gasteiger partial charge in [-0.1, -0.05) is 0 Å². The second-order valence-corrected chi connectivity index (χ2v) is 5.37. The van der Waals surface area contributed by atoms with E-state index in [0.29, 0.717) is 13.0 Å². The molecule has 1 unspecified atom stereocenters. The average Bonchev–Trinajstić information content (AvgIpc) is 2.53. The Hall–Kier alpha value is -2.11. The molecule has 1 aliphatic rings. The maximum atomic E-state index is 11.5. The molecule has 2 N–H and O–H groups in total. The Balaban J connectivity index is 2.01. The topological polar surface area (TPSA) is 88.5 Å². The highest BCUT2D eigenvalue weighted by Crippen LogP contribution is 2.39. The van der Waals surface area contributed by atoms with Crippen LogP contribution in [-0.4, -0.2) is 35.8 Å². The van der Waals surface area contributed by atoms with Crippen molar-refractivity contribution in [3.8, 4) is 0 Å². The summed E-state index contributed by atoms with van der Waals surface area (Å²) in [7, 11) is 1.30. The third kappa shape index (κ3) is 3.93. The fourth-order valence-electron chi connectivity index (χ4n) is 3.01. The number of hydrogen-bond acceptors (Lipinski definition) is 4. The van der Waals surface area contributed by atoms with Crippen LogP contribution >= 0.6 is 0 Å². The molecule has 1 fully saturated rings. The summed E-state index contributed by atoms with van der Waals surface area (Å²) in [6.45, 7) is 0.340. The number of rotatable bonds is 4. The van der Waals surface area contributed by atoms with Gasteiger partial charge in [0, 0.05) is 18.9 Å². The Morgan fingerprint density at radius 2 is 2.10 bits per heavy atom. The quantitative estimate of drug-likeness (QED) is 0.886. The van der Waals surface area contributed by atoms with Gasteiger partial charge in [0.2, 0.25) is 0 Å². The molecule has 0 bridgehead atoms. The van der Waals surface area contributed by atoms with Crippen LogP contribution in [0.1, 0.15) is 30.7 Å². The second-order valence-electron chi connectivity index (χ2n) is 5.37. The zero-order chi connectivity index (χ0) is 15.2. The Morgan fingerprint density at radius 3 is 2.71 bits per heavy atom. The van der Waals surface area contributed by atoms with Crippen molar-refractivity contribution in [2.24, 2.45) is 11.8 Å². The number of amides is 1. The number of carboxylic acids is 1. The number of methoxy groups -OCH3 is 1. The molecule has 0 spiro atoms. The second kappa shape index (κ2) is 7.06. The largest absolute Gasteiger partial charge is 0.481 e. The summed E-state index contributed by atoms with van der Waals surface area (Å²) < 4.78 is 4.52. The van der Waals surface area contributed by atoms with Gasteiger partial charge in [-0.15, -0.1) is 0 Å². The van der Waals surface area contributed by atoms with E-state index in [4.69, 9.17) is 0 Å². The molecule has 0 radical (unpaired) electrons. The maximum Gasteiger partial charge on any atom is 0.406 e. The summed E-state index contributed by atoms with van der Waals surface area (Å²) in [5.41, 5.74) is 1.13. The van der Waals surface area contributed by atoms with Gasteiger partial charge in [-0.3, -0.25) is 9.78 Å². The van der Waals surface area contributed by atoms with Gasteiger partial charge in [-0.2, -0.15) is 0 Å². The highest BCUT2D eigenvalue weighted by Gasteiger charge is 2.35. The maximum absolute atomic E-state index is 11.5. The van der Waals surface area contributed by atoms with Gasteiger partial charge >= 0.3 is 12.1 Å². The first kappa shape index (κ1) is 15.3. The van der Waals surface area contributed by atoms with Crippen LogP contribution in [0.5, 0.6) is 0 Å². The van der Waals surface area contributed by atoms with Crippen molar-refractivity contribution in [3.05, 3.63) is 30.1 Å². The monoisotopic (exact) mass is 292 g/mol. The third-order valence-electron chi connectivity index (χ3n) is 4.18. The summed E-state index contributed by atoms with van der Waals surface area (Å²) >= 11 is 0. The number of aromatic nitrogens is 1. The van der Waals surface area contributed by atoms with Gasteiger partial charge in [-0.05, 0) is 48.8 Å². The Bertz CT molecular complexity index is 492. The minimum Gasteiger partial charge on any atom is -0.481 e. The zero-order valence-electron chi connectivity index (χ0n) is 12.0. The van der Waals surface area contributed by atoms with E-state index < -0.39 is 18.0 Å². The minimum atomic E-state index is -0.801.